The zero-order chi connectivity index (χ0) is 13.7. The fourth-order valence-electron chi connectivity index (χ4n) is 1.20. The van der Waals surface area contributed by atoms with Gasteiger partial charge in [0.1, 0.15) is 16.8 Å². The van der Waals surface area contributed by atoms with Crippen LogP contribution in [0.3, 0.4) is 0 Å². The highest BCUT2D eigenvalue weighted by Crippen LogP contribution is 2.33. The topological polar surface area (TPSA) is 89.7 Å². The highest BCUT2D eigenvalue weighted by Gasteiger charge is 2.15. The number of nitro benzene ring substituents is 1. The van der Waals surface area contributed by atoms with E-state index in [0.29, 0.717) is 11.3 Å². The molecule has 1 rings (SSSR count). The number of nitrogens with zero attached hydrogens (tertiary/aromatic N) is 1. The summed E-state index contributed by atoms with van der Waals surface area (Å²) < 4.78 is 5.54. The number of rotatable bonds is 5. The number of hydrogen-bond donors (Lipinski definition) is 1. The first-order valence-corrected chi connectivity index (χ1v) is 5.67. The van der Waals surface area contributed by atoms with Crippen molar-refractivity contribution in [2.24, 2.45) is 0 Å². The maximum atomic E-state index is 10.7. The lowest BCUT2D eigenvalue weighted by Crippen LogP contribution is -2.02. The van der Waals surface area contributed by atoms with Crippen molar-refractivity contribution in [3.05, 3.63) is 44.4 Å². The number of benzene rings is 1. The Labute approximate surface area is 111 Å². The van der Waals surface area contributed by atoms with Crippen LogP contribution in [0, 0.1) is 10.1 Å². The second-order valence-electron chi connectivity index (χ2n) is 3.46. The standard InChI is InChI=1S/C11H10BrNO5/c1-7(5-10(14)15)6-18-9-4-2-3-8(11(9)12)13(16)17/h2-5H,6H2,1H3,(H,14,15)/b7-5-. The van der Waals surface area contributed by atoms with Gasteiger partial charge in [0.05, 0.1) is 4.92 Å². The Hall–Kier alpha value is -1.89. The van der Waals surface area contributed by atoms with Gasteiger partial charge in [0.2, 0.25) is 0 Å². The third-order valence-corrected chi connectivity index (χ3v) is 2.76. The molecule has 7 heteroatoms. The molecule has 1 N–H and O–H groups in total. The number of nitro groups is 1. The van der Waals surface area contributed by atoms with Crippen molar-refractivity contribution in [3.63, 3.8) is 0 Å². The number of aliphatic carboxylic acids is 1. The average Bonchev–Trinajstić information content (AvgIpc) is 2.26. The molecule has 0 aliphatic heterocycles. The maximum absolute atomic E-state index is 10.7. The predicted octanol–water partition coefficient (Wildman–Crippen LogP) is 2.77. The third-order valence-electron chi connectivity index (χ3n) is 1.96. The van der Waals surface area contributed by atoms with Gasteiger partial charge >= 0.3 is 5.97 Å². The molecule has 0 bridgehead atoms. The molecule has 0 aliphatic carbocycles. The van der Waals surface area contributed by atoms with E-state index >= 15 is 0 Å². The van der Waals surface area contributed by atoms with Gasteiger partial charge in [0.25, 0.3) is 5.69 Å². The van der Waals surface area contributed by atoms with Crippen molar-refractivity contribution in [1.82, 2.24) is 0 Å². The summed E-state index contributed by atoms with van der Waals surface area (Å²) in [6.07, 6.45) is 1.02. The molecule has 0 fully saturated rings. The summed E-state index contributed by atoms with van der Waals surface area (Å²) in [7, 11) is 0. The summed E-state index contributed by atoms with van der Waals surface area (Å²) in [5.41, 5.74) is 0.397. The number of ether oxygens (including phenoxy) is 1. The lowest BCUT2D eigenvalue weighted by molar-refractivity contribution is -0.385. The van der Waals surface area contributed by atoms with Crippen LogP contribution in [0.15, 0.2) is 34.3 Å². The first-order chi connectivity index (χ1) is 8.41. The van der Waals surface area contributed by atoms with E-state index in [0.717, 1.165) is 6.08 Å². The SMILES string of the molecule is C/C(=C/C(=O)O)COc1cccc([N+](=O)[O-])c1Br. The van der Waals surface area contributed by atoms with Crippen molar-refractivity contribution >= 4 is 27.6 Å². The van der Waals surface area contributed by atoms with E-state index in [1.165, 1.54) is 12.1 Å². The molecule has 0 saturated carbocycles. The van der Waals surface area contributed by atoms with Gasteiger partial charge in [-0.1, -0.05) is 6.07 Å². The fourth-order valence-corrected chi connectivity index (χ4v) is 1.72. The summed E-state index contributed by atoms with van der Waals surface area (Å²) in [5.74, 6) is -0.767. The van der Waals surface area contributed by atoms with Gasteiger partial charge < -0.3 is 9.84 Å². The van der Waals surface area contributed by atoms with Crippen LogP contribution < -0.4 is 4.74 Å². The molecule has 1 aromatic rings. The van der Waals surface area contributed by atoms with E-state index < -0.39 is 10.9 Å². The summed E-state index contributed by atoms with van der Waals surface area (Å²) in [5, 5.41) is 19.2. The Morgan fingerprint density at radius 3 is 2.83 bits per heavy atom. The molecule has 0 aromatic heterocycles. The number of carboxylic acids is 1. The molecule has 18 heavy (non-hydrogen) atoms. The molecule has 0 amide bonds. The number of carbonyl (C=O) groups is 1. The quantitative estimate of drug-likeness (QED) is 0.512. The maximum Gasteiger partial charge on any atom is 0.328 e. The van der Waals surface area contributed by atoms with Crippen LogP contribution in [0.4, 0.5) is 5.69 Å². The highest BCUT2D eigenvalue weighted by atomic mass is 79.9. The Balaban J connectivity index is 2.83. The average molecular weight is 316 g/mol. The number of halogens is 1. The molecule has 1 aromatic carbocycles. The van der Waals surface area contributed by atoms with E-state index in [1.54, 1.807) is 13.0 Å². The minimum absolute atomic E-state index is 0.0477. The van der Waals surface area contributed by atoms with E-state index in [2.05, 4.69) is 15.9 Å². The van der Waals surface area contributed by atoms with Crippen LogP contribution in [-0.2, 0) is 4.79 Å². The lowest BCUT2D eigenvalue weighted by atomic mass is 10.3. The summed E-state index contributed by atoms with van der Waals surface area (Å²) in [6.45, 7) is 1.64. The molecule has 0 atom stereocenters. The Morgan fingerprint density at radius 1 is 1.61 bits per heavy atom. The molecule has 96 valence electrons. The first kappa shape index (κ1) is 14.2. The molecule has 0 saturated heterocycles. The van der Waals surface area contributed by atoms with E-state index in [-0.39, 0.29) is 16.8 Å². The second kappa shape index (κ2) is 6.15. The largest absolute Gasteiger partial charge is 0.488 e. The minimum Gasteiger partial charge on any atom is -0.488 e. The van der Waals surface area contributed by atoms with Crippen molar-refractivity contribution in [2.45, 2.75) is 6.92 Å². The first-order valence-electron chi connectivity index (χ1n) is 4.87. The van der Waals surface area contributed by atoms with Crippen molar-refractivity contribution in [2.75, 3.05) is 6.61 Å². The predicted molar refractivity (Wildman–Crippen MR) is 67.7 cm³/mol. The molecular formula is C11H10BrNO5. The van der Waals surface area contributed by atoms with Crippen molar-refractivity contribution < 1.29 is 19.6 Å². The van der Waals surface area contributed by atoms with Crippen LogP contribution in [0.2, 0.25) is 0 Å². The van der Waals surface area contributed by atoms with Gasteiger partial charge in [0, 0.05) is 12.1 Å². The highest BCUT2D eigenvalue weighted by molar-refractivity contribution is 9.10. The van der Waals surface area contributed by atoms with Gasteiger partial charge in [-0.25, -0.2) is 4.79 Å². The summed E-state index contributed by atoms with van der Waals surface area (Å²) in [4.78, 5) is 20.6. The minimum atomic E-state index is -1.06. The third kappa shape index (κ3) is 3.85. The zero-order valence-electron chi connectivity index (χ0n) is 9.42. The summed E-state index contributed by atoms with van der Waals surface area (Å²) >= 11 is 3.08. The number of hydrogen-bond acceptors (Lipinski definition) is 4. The van der Waals surface area contributed by atoms with E-state index in [1.807, 2.05) is 0 Å². The second-order valence-corrected chi connectivity index (χ2v) is 4.26. The van der Waals surface area contributed by atoms with Crippen molar-refractivity contribution in [3.8, 4) is 5.75 Å². The van der Waals surface area contributed by atoms with Crippen LogP contribution in [-0.4, -0.2) is 22.6 Å². The molecule has 0 radical (unpaired) electrons. The molecule has 0 heterocycles. The number of carboxylic acid groups (broad SMARTS) is 1. The Kier molecular flexibility index (Phi) is 4.85. The van der Waals surface area contributed by atoms with Gasteiger partial charge in [0.15, 0.2) is 0 Å². The molecule has 0 spiro atoms. The van der Waals surface area contributed by atoms with Gasteiger partial charge in [-0.15, -0.1) is 0 Å². The van der Waals surface area contributed by atoms with Gasteiger partial charge in [-0.2, -0.15) is 0 Å². The Morgan fingerprint density at radius 2 is 2.28 bits per heavy atom. The van der Waals surface area contributed by atoms with Crippen LogP contribution in [0.5, 0.6) is 5.75 Å². The van der Waals surface area contributed by atoms with E-state index in [9.17, 15) is 14.9 Å². The summed E-state index contributed by atoms with van der Waals surface area (Å²) in [6, 6.07) is 4.40. The van der Waals surface area contributed by atoms with Crippen LogP contribution >= 0.6 is 15.9 Å². The normalized spacial score (nSPS) is 11.1. The monoisotopic (exact) mass is 315 g/mol. The Bertz CT molecular complexity index is 512. The molecule has 0 aliphatic rings. The van der Waals surface area contributed by atoms with E-state index in [4.69, 9.17) is 9.84 Å². The molecule has 6 nitrogen and oxygen atoms in total. The zero-order valence-corrected chi connectivity index (χ0v) is 11.0. The van der Waals surface area contributed by atoms with Crippen molar-refractivity contribution in [1.29, 1.82) is 0 Å². The lowest BCUT2D eigenvalue weighted by Gasteiger charge is -2.08. The van der Waals surface area contributed by atoms with Crippen LogP contribution in [0.25, 0.3) is 0 Å². The molecule has 0 unspecified atom stereocenters. The van der Waals surface area contributed by atoms with Crippen LogP contribution in [0.1, 0.15) is 6.92 Å². The smallest absolute Gasteiger partial charge is 0.328 e. The molecular weight excluding hydrogens is 306 g/mol. The fraction of sp³-hybridized carbons (Fsp3) is 0.182. The van der Waals surface area contributed by atoms with Gasteiger partial charge in [-0.05, 0) is 34.5 Å². The van der Waals surface area contributed by atoms with Gasteiger partial charge in [-0.3, -0.25) is 10.1 Å².